The Balaban J connectivity index is 2.32. The first kappa shape index (κ1) is 13.4. The van der Waals surface area contributed by atoms with Crippen molar-refractivity contribution in [3.05, 3.63) is 48.7 Å². The zero-order valence-electron chi connectivity index (χ0n) is 10.9. The number of amides is 1. The second-order valence-electron chi connectivity index (χ2n) is 4.45. The SMILES string of the molecule is C=CCNC(=O)C(CCN)c1c[nH]c2ccccc12. The average molecular weight is 257 g/mol. The lowest BCUT2D eigenvalue weighted by Crippen LogP contribution is -2.30. The van der Waals surface area contributed by atoms with E-state index in [0.717, 1.165) is 16.5 Å². The Morgan fingerprint density at radius 2 is 2.26 bits per heavy atom. The zero-order chi connectivity index (χ0) is 13.7. The fraction of sp³-hybridized carbons (Fsp3) is 0.267. The molecule has 0 fully saturated rings. The van der Waals surface area contributed by atoms with E-state index in [0.29, 0.717) is 19.5 Å². The van der Waals surface area contributed by atoms with Gasteiger partial charge in [-0.05, 0) is 24.6 Å². The summed E-state index contributed by atoms with van der Waals surface area (Å²) in [5.74, 6) is -0.226. The fourth-order valence-electron chi connectivity index (χ4n) is 2.27. The first-order chi connectivity index (χ1) is 9.27. The van der Waals surface area contributed by atoms with Crippen molar-refractivity contribution >= 4 is 16.8 Å². The number of aromatic amines is 1. The van der Waals surface area contributed by atoms with Crippen LogP contribution in [0.4, 0.5) is 0 Å². The van der Waals surface area contributed by atoms with E-state index in [2.05, 4.69) is 16.9 Å². The highest BCUT2D eigenvalue weighted by molar-refractivity contribution is 5.92. The Morgan fingerprint density at radius 3 is 3.00 bits per heavy atom. The van der Waals surface area contributed by atoms with Gasteiger partial charge in [-0.1, -0.05) is 24.3 Å². The van der Waals surface area contributed by atoms with E-state index in [4.69, 9.17) is 5.73 Å². The number of benzene rings is 1. The van der Waals surface area contributed by atoms with E-state index in [1.165, 1.54) is 0 Å². The molecule has 0 aliphatic heterocycles. The molecule has 19 heavy (non-hydrogen) atoms. The van der Waals surface area contributed by atoms with E-state index < -0.39 is 0 Å². The number of hydrogen-bond donors (Lipinski definition) is 3. The van der Waals surface area contributed by atoms with Gasteiger partial charge in [-0.25, -0.2) is 0 Å². The van der Waals surface area contributed by atoms with Crippen LogP contribution in [0.3, 0.4) is 0 Å². The van der Waals surface area contributed by atoms with Crippen LogP contribution in [0.15, 0.2) is 43.1 Å². The predicted octanol–water partition coefficient (Wildman–Crippen LogP) is 1.90. The third-order valence-corrected chi connectivity index (χ3v) is 3.19. The van der Waals surface area contributed by atoms with Gasteiger partial charge in [0.1, 0.15) is 0 Å². The van der Waals surface area contributed by atoms with Crippen molar-refractivity contribution < 1.29 is 4.79 Å². The van der Waals surface area contributed by atoms with Gasteiger partial charge < -0.3 is 16.0 Å². The molecule has 1 aromatic carbocycles. The lowest BCUT2D eigenvalue weighted by atomic mass is 9.94. The Labute approximate surface area is 112 Å². The molecule has 1 heterocycles. The van der Waals surface area contributed by atoms with Crippen molar-refractivity contribution in [3.63, 3.8) is 0 Å². The van der Waals surface area contributed by atoms with Gasteiger partial charge in [-0.15, -0.1) is 6.58 Å². The minimum atomic E-state index is -0.221. The normalized spacial score (nSPS) is 12.3. The van der Waals surface area contributed by atoms with Crippen LogP contribution in [0.5, 0.6) is 0 Å². The Bertz CT molecular complexity index is 574. The maximum absolute atomic E-state index is 12.2. The Kier molecular flexibility index (Phi) is 4.36. The van der Waals surface area contributed by atoms with Gasteiger partial charge in [0.15, 0.2) is 0 Å². The quantitative estimate of drug-likeness (QED) is 0.692. The molecule has 1 aromatic heterocycles. The maximum Gasteiger partial charge on any atom is 0.227 e. The molecule has 0 aliphatic rings. The van der Waals surface area contributed by atoms with Crippen LogP contribution in [0, 0.1) is 0 Å². The minimum absolute atomic E-state index is 0.00453. The molecule has 0 radical (unpaired) electrons. The summed E-state index contributed by atoms with van der Waals surface area (Å²) in [6, 6.07) is 7.96. The van der Waals surface area contributed by atoms with E-state index in [-0.39, 0.29) is 11.8 Å². The van der Waals surface area contributed by atoms with Crippen molar-refractivity contribution in [1.29, 1.82) is 0 Å². The molecule has 4 nitrogen and oxygen atoms in total. The van der Waals surface area contributed by atoms with Gasteiger partial charge in [0.25, 0.3) is 0 Å². The molecule has 0 saturated heterocycles. The number of nitrogens with two attached hydrogens (primary N) is 1. The number of fused-ring (bicyclic) bond motifs is 1. The highest BCUT2D eigenvalue weighted by atomic mass is 16.1. The second-order valence-corrected chi connectivity index (χ2v) is 4.45. The second kappa shape index (κ2) is 6.20. The minimum Gasteiger partial charge on any atom is -0.361 e. The standard InChI is InChI=1S/C15H19N3O/c1-2-9-17-15(19)12(7-8-16)13-10-18-14-6-4-3-5-11(13)14/h2-6,10,12,18H,1,7-9,16H2,(H,17,19). The lowest BCUT2D eigenvalue weighted by Gasteiger charge is -2.15. The van der Waals surface area contributed by atoms with Gasteiger partial charge in [0.05, 0.1) is 5.92 Å². The summed E-state index contributed by atoms with van der Waals surface area (Å²) in [5.41, 5.74) is 7.68. The molecule has 4 N–H and O–H groups in total. The summed E-state index contributed by atoms with van der Waals surface area (Å²) < 4.78 is 0. The number of carbonyl (C=O) groups excluding carboxylic acids is 1. The van der Waals surface area contributed by atoms with Crippen LogP contribution >= 0.6 is 0 Å². The molecule has 1 unspecified atom stereocenters. The van der Waals surface area contributed by atoms with Crippen LogP contribution in [-0.2, 0) is 4.79 Å². The number of nitrogens with one attached hydrogen (secondary N) is 2. The highest BCUT2D eigenvalue weighted by Gasteiger charge is 2.22. The number of aromatic nitrogens is 1. The van der Waals surface area contributed by atoms with Gasteiger partial charge in [0, 0.05) is 23.6 Å². The van der Waals surface area contributed by atoms with E-state index >= 15 is 0 Å². The monoisotopic (exact) mass is 257 g/mol. The number of carbonyl (C=O) groups is 1. The summed E-state index contributed by atoms with van der Waals surface area (Å²) in [6.45, 7) is 4.56. The van der Waals surface area contributed by atoms with Gasteiger partial charge in [-0.3, -0.25) is 4.79 Å². The fourth-order valence-corrected chi connectivity index (χ4v) is 2.27. The molecule has 0 bridgehead atoms. The molecule has 1 atom stereocenters. The van der Waals surface area contributed by atoms with Crippen LogP contribution < -0.4 is 11.1 Å². The molecule has 0 spiro atoms. The summed E-state index contributed by atoms with van der Waals surface area (Å²) >= 11 is 0. The summed E-state index contributed by atoms with van der Waals surface area (Å²) in [7, 11) is 0. The van der Waals surface area contributed by atoms with E-state index in [9.17, 15) is 4.79 Å². The first-order valence-corrected chi connectivity index (χ1v) is 6.42. The number of hydrogen-bond acceptors (Lipinski definition) is 2. The summed E-state index contributed by atoms with van der Waals surface area (Å²) in [4.78, 5) is 15.4. The first-order valence-electron chi connectivity index (χ1n) is 6.42. The van der Waals surface area contributed by atoms with E-state index in [1.807, 2.05) is 30.5 Å². The van der Waals surface area contributed by atoms with Gasteiger partial charge >= 0.3 is 0 Å². The lowest BCUT2D eigenvalue weighted by molar-refractivity contribution is -0.122. The third kappa shape index (κ3) is 2.85. The van der Waals surface area contributed by atoms with Crippen molar-refractivity contribution in [1.82, 2.24) is 10.3 Å². The third-order valence-electron chi connectivity index (χ3n) is 3.19. The van der Waals surface area contributed by atoms with Crippen molar-refractivity contribution in [2.45, 2.75) is 12.3 Å². The van der Waals surface area contributed by atoms with Crippen LogP contribution in [0.1, 0.15) is 17.9 Å². The van der Waals surface area contributed by atoms with Gasteiger partial charge in [0.2, 0.25) is 5.91 Å². The number of H-pyrrole nitrogens is 1. The summed E-state index contributed by atoms with van der Waals surface area (Å²) in [6.07, 6.45) is 4.20. The molecule has 2 aromatic rings. The maximum atomic E-state index is 12.2. The number of rotatable bonds is 6. The average Bonchev–Trinajstić information content (AvgIpc) is 2.86. The van der Waals surface area contributed by atoms with Crippen LogP contribution in [0.25, 0.3) is 10.9 Å². The van der Waals surface area contributed by atoms with Crippen molar-refractivity contribution in [2.24, 2.45) is 5.73 Å². The van der Waals surface area contributed by atoms with Crippen LogP contribution in [-0.4, -0.2) is 24.0 Å². The molecule has 0 aliphatic carbocycles. The topological polar surface area (TPSA) is 70.9 Å². The van der Waals surface area contributed by atoms with Crippen molar-refractivity contribution in [2.75, 3.05) is 13.1 Å². The smallest absolute Gasteiger partial charge is 0.227 e. The highest BCUT2D eigenvalue weighted by Crippen LogP contribution is 2.27. The Hall–Kier alpha value is -2.07. The molecule has 100 valence electrons. The molecular weight excluding hydrogens is 238 g/mol. The number of para-hydroxylation sites is 1. The molecule has 2 rings (SSSR count). The van der Waals surface area contributed by atoms with Gasteiger partial charge in [-0.2, -0.15) is 0 Å². The molecular formula is C15H19N3O. The van der Waals surface area contributed by atoms with Crippen molar-refractivity contribution in [3.8, 4) is 0 Å². The predicted molar refractivity (Wildman–Crippen MR) is 77.9 cm³/mol. The molecule has 0 saturated carbocycles. The zero-order valence-corrected chi connectivity index (χ0v) is 10.9. The Morgan fingerprint density at radius 1 is 1.47 bits per heavy atom. The molecule has 1 amide bonds. The largest absolute Gasteiger partial charge is 0.361 e. The van der Waals surface area contributed by atoms with E-state index in [1.54, 1.807) is 6.08 Å². The van der Waals surface area contributed by atoms with Crippen LogP contribution in [0.2, 0.25) is 0 Å². The summed E-state index contributed by atoms with van der Waals surface area (Å²) in [5, 5.41) is 3.92. The molecule has 4 heteroatoms.